The van der Waals surface area contributed by atoms with E-state index in [0.29, 0.717) is 12.3 Å². The smallest absolute Gasteiger partial charge is 0.228 e. The van der Waals surface area contributed by atoms with E-state index in [1.807, 2.05) is 30.3 Å². The molecule has 0 bridgehead atoms. The lowest BCUT2D eigenvalue weighted by molar-refractivity contribution is -0.129. The number of fused-ring (bicyclic) bond motifs is 1. The Balaban J connectivity index is 1.31. The fourth-order valence-corrected chi connectivity index (χ4v) is 3.36. The SMILES string of the molecule is CC(C)C1=CCC(NC(=O)[C@H]2C[C@H](Oc3cccc4cccnc34)C2)=N1. The van der Waals surface area contributed by atoms with Gasteiger partial charge in [0.1, 0.15) is 23.2 Å². The van der Waals surface area contributed by atoms with Crippen molar-refractivity contribution in [2.75, 3.05) is 0 Å². The Morgan fingerprint density at radius 1 is 1.23 bits per heavy atom. The largest absolute Gasteiger partial charge is 0.488 e. The summed E-state index contributed by atoms with van der Waals surface area (Å²) in [5, 5.41) is 4.03. The van der Waals surface area contributed by atoms with Gasteiger partial charge in [0, 0.05) is 29.6 Å². The number of amides is 1. The van der Waals surface area contributed by atoms with Gasteiger partial charge < -0.3 is 10.1 Å². The molecule has 5 nitrogen and oxygen atoms in total. The molecule has 4 rings (SSSR count). The van der Waals surface area contributed by atoms with Crippen molar-refractivity contribution in [3.63, 3.8) is 0 Å². The number of aliphatic imine (C=N–C) groups is 1. The number of hydrogen-bond donors (Lipinski definition) is 1. The molecular formula is C21H23N3O2. The highest BCUT2D eigenvalue weighted by atomic mass is 16.5. The molecule has 5 heteroatoms. The zero-order valence-corrected chi connectivity index (χ0v) is 15.1. The van der Waals surface area contributed by atoms with Crippen LogP contribution in [-0.2, 0) is 4.79 Å². The van der Waals surface area contributed by atoms with Gasteiger partial charge in [-0.1, -0.05) is 38.1 Å². The summed E-state index contributed by atoms with van der Waals surface area (Å²) in [7, 11) is 0. The Bertz CT molecular complexity index is 890. The van der Waals surface area contributed by atoms with Gasteiger partial charge in [0.15, 0.2) is 0 Å². The molecule has 1 amide bonds. The summed E-state index contributed by atoms with van der Waals surface area (Å²) in [5.41, 5.74) is 1.93. The first-order chi connectivity index (χ1) is 12.6. The lowest BCUT2D eigenvalue weighted by Crippen LogP contribution is -2.45. The van der Waals surface area contributed by atoms with Crippen molar-refractivity contribution in [2.45, 2.75) is 39.2 Å². The maximum absolute atomic E-state index is 12.4. The molecule has 0 unspecified atom stereocenters. The first-order valence-electron chi connectivity index (χ1n) is 9.19. The number of carbonyl (C=O) groups excluding carboxylic acids is 1. The number of benzene rings is 1. The van der Waals surface area contributed by atoms with E-state index in [9.17, 15) is 4.79 Å². The van der Waals surface area contributed by atoms with Crippen molar-refractivity contribution in [1.29, 1.82) is 0 Å². The lowest BCUT2D eigenvalue weighted by atomic mass is 9.81. The minimum absolute atomic E-state index is 0.00580. The number of amidine groups is 1. The van der Waals surface area contributed by atoms with Crippen LogP contribution in [0.25, 0.3) is 10.9 Å². The van der Waals surface area contributed by atoms with Crippen molar-refractivity contribution in [3.05, 3.63) is 48.3 Å². The average Bonchev–Trinajstić information content (AvgIpc) is 3.06. The molecule has 2 aromatic rings. The molecule has 0 atom stereocenters. The highest BCUT2D eigenvalue weighted by molar-refractivity contribution is 6.01. The van der Waals surface area contributed by atoms with Gasteiger partial charge in [-0.15, -0.1) is 0 Å². The summed E-state index contributed by atoms with van der Waals surface area (Å²) in [6, 6.07) is 9.87. The van der Waals surface area contributed by atoms with E-state index in [1.165, 1.54) is 0 Å². The molecule has 1 aromatic carbocycles. The fraction of sp³-hybridized carbons (Fsp3) is 0.381. The third kappa shape index (κ3) is 3.34. The van der Waals surface area contributed by atoms with E-state index >= 15 is 0 Å². The number of ether oxygens (including phenoxy) is 1. The van der Waals surface area contributed by atoms with E-state index in [2.05, 4.69) is 35.2 Å². The third-order valence-corrected chi connectivity index (χ3v) is 4.98. The van der Waals surface area contributed by atoms with E-state index in [-0.39, 0.29) is 17.9 Å². The van der Waals surface area contributed by atoms with Gasteiger partial charge in [-0.25, -0.2) is 4.99 Å². The van der Waals surface area contributed by atoms with Gasteiger partial charge in [0.25, 0.3) is 0 Å². The maximum Gasteiger partial charge on any atom is 0.228 e. The highest BCUT2D eigenvalue weighted by Crippen LogP contribution is 2.34. The van der Waals surface area contributed by atoms with E-state index < -0.39 is 0 Å². The second-order valence-corrected chi connectivity index (χ2v) is 7.28. The predicted molar refractivity (Wildman–Crippen MR) is 102 cm³/mol. The van der Waals surface area contributed by atoms with E-state index in [4.69, 9.17) is 4.74 Å². The molecule has 0 radical (unpaired) electrons. The van der Waals surface area contributed by atoms with Gasteiger partial charge in [-0.2, -0.15) is 0 Å². The van der Waals surface area contributed by atoms with Gasteiger partial charge in [-0.05, 0) is 30.9 Å². The van der Waals surface area contributed by atoms with Crippen molar-refractivity contribution in [3.8, 4) is 5.75 Å². The first-order valence-corrected chi connectivity index (χ1v) is 9.19. The number of allylic oxidation sites excluding steroid dienone is 1. The van der Waals surface area contributed by atoms with Gasteiger partial charge >= 0.3 is 0 Å². The Morgan fingerprint density at radius 3 is 2.81 bits per heavy atom. The number of hydrogen-bond acceptors (Lipinski definition) is 4. The Morgan fingerprint density at radius 2 is 2.04 bits per heavy atom. The van der Waals surface area contributed by atoms with Gasteiger partial charge in [-0.3, -0.25) is 9.78 Å². The van der Waals surface area contributed by atoms with Crippen molar-refractivity contribution < 1.29 is 9.53 Å². The van der Waals surface area contributed by atoms with Crippen molar-refractivity contribution in [2.24, 2.45) is 16.8 Å². The summed E-state index contributed by atoms with van der Waals surface area (Å²) in [6.07, 6.45) is 6.09. The predicted octanol–water partition coefficient (Wildman–Crippen LogP) is 3.85. The Hall–Kier alpha value is -2.69. The minimum atomic E-state index is -0.00580. The number of nitrogens with zero attached hydrogens (tertiary/aromatic N) is 2. The zero-order valence-electron chi connectivity index (χ0n) is 15.1. The molecule has 26 heavy (non-hydrogen) atoms. The summed E-state index contributed by atoms with van der Waals surface area (Å²) >= 11 is 0. The zero-order chi connectivity index (χ0) is 18.1. The van der Waals surface area contributed by atoms with Gasteiger partial charge in [0.2, 0.25) is 5.91 Å². The van der Waals surface area contributed by atoms with Crippen LogP contribution in [0.2, 0.25) is 0 Å². The molecule has 1 aliphatic carbocycles. The van der Waals surface area contributed by atoms with Crippen LogP contribution in [0.1, 0.15) is 33.1 Å². The van der Waals surface area contributed by atoms with Crippen LogP contribution in [0.3, 0.4) is 0 Å². The van der Waals surface area contributed by atoms with Crippen LogP contribution >= 0.6 is 0 Å². The normalized spacial score (nSPS) is 22.0. The summed E-state index contributed by atoms with van der Waals surface area (Å²) in [4.78, 5) is 21.3. The summed E-state index contributed by atoms with van der Waals surface area (Å²) < 4.78 is 6.08. The molecule has 2 heterocycles. The molecule has 0 saturated heterocycles. The van der Waals surface area contributed by atoms with Crippen LogP contribution < -0.4 is 10.1 Å². The second-order valence-electron chi connectivity index (χ2n) is 7.28. The number of pyridine rings is 1. The molecule has 1 aromatic heterocycles. The minimum Gasteiger partial charge on any atom is -0.488 e. The monoisotopic (exact) mass is 349 g/mol. The molecule has 0 spiro atoms. The van der Waals surface area contributed by atoms with Crippen LogP contribution in [0, 0.1) is 11.8 Å². The molecule has 134 valence electrons. The molecule has 1 fully saturated rings. The number of para-hydroxylation sites is 1. The van der Waals surface area contributed by atoms with Crippen molar-refractivity contribution >= 4 is 22.6 Å². The topological polar surface area (TPSA) is 63.6 Å². The Labute approximate surface area is 153 Å². The maximum atomic E-state index is 12.4. The standard InChI is InChI=1S/C21H23N3O2/c1-13(2)17-8-9-19(23-17)24-21(25)15-11-16(12-15)26-18-7-3-5-14-6-4-10-22-20(14)18/h3-8,10,13,15-16H,9,11-12H2,1-2H3,(H,23,24,25)/t15-,16-. The Kier molecular flexibility index (Phi) is 4.45. The third-order valence-electron chi connectivity index (χ3n) is 4.98. The number of nitrogens with one attached hydrogen (secondary N) is 1. The summed E-state index contributed by atoms with van der Waals surface area (Å²) in [6.45, 7) is 4.21. The highest BCUT2D eigenvalue weighted by Gasteiger charge is 2.37. The quantitative estimate of drug-likeness (QED) is 0.912. The van der Waals surface area contributed by atoms with Gasteiger partial charge in [0.05, 0.1) is 0 Å². The summed E-state index contributed by atoms with van der Waals surface area (Å²) in [5.74, 6) is 1.99. The average molecular weight is 349 g/mol. The van der Waals surface area contributed by atoms with Crippen LogP contribution in [0.5, 0.6) is 5.75 Å². The first kappa shape index (κ1) is 16.8. The van der Waals surface area contributed by atoms with E-state index in [1.54, 1.807) is 6.20 Å². The molecule has 2 aliphatic rings. The van der Waals surface area contributed by atoms with E-state index in [0.717, 1.165) is 41.0 Å². The molecular weight excluding hydrogens is 326 g/mol. The van der Waals surface area contributed by atoms with Crippen molar-refractivity contribution in [1.82, 2.24) is 10.3 Å². The molecule has 1 N–H and O–H groups in total. The van der Waals surface area contributed by atoms with Crippen LogP contribution in [0.15, 0.2) is 53.3 Å². The molecule has 1 saturated carbocycles. The lowest BCUT2D eigenvalue weighted by Gasteiger charge is -2.34. The number of carbonyl (C=O) groups is 1. The second kappa shape index (κ2) is 6.90. The van der Waals surface area contributed by atoms with Crippen LogP contribution in [-0.4, -0.2) is 22.8 Å². The molecule has 1 aliphatic heterocycles. The fourth-order valence-electron chi connectivity index (χ4n) is 3.36. The van der Waals surface area contributed by atoms with Crippen LogP contribution in [0.4, 0.5) is 0 Å². The number of aromatic nitrogens is 1. The number of rotatable bonds is 4.